The van der Waals surface area contributed by atoms with Crippen molar-refractivity contribution in [2.24, 2.45) is 5.73 Å². The maximum absolute atomic E-state index is 11.3. The van der Waals surface area contributed by atoms with Gasteiger partial charge in [0.1, 0.15) is 0 Å². The highest BCUT2D eigenvalue weighted by atomic mass is 32.2. The Morgan fingerprint density at radius 2 is 2.00 bits per heavy atom. The number of hydrogen-bond acceptors (Lipinski definition) is 2. The van der Waals surface area contributed by atoms with Gasteiger partial charge in [-0.15, -0.1) is 0 Å². The van der Waals surface area contributed by atoms with Crippen LogP contribution in [0.5, 0.6) is 0 Å². The molecule has 3 unspecified atom stereocenters. The Labute approximate surface area is 72.0 Å². The van der Waals surface area contributed by atoms with Gasteiger partial charge in [0.15, 0.2) is 0 Å². The van der Waals surface area contributed by atoms with E-state index in [9.17, 15) is 4.21 Å². The summed E-state index contributed by atoms with van der Waals surface area (Å²) in [6.07, 6.45) is 1.86. The second-order valence-electron chi connectivity index (χ2n) is 3.07. The maximum Gasteiger partial charge on any atom is 0.0317 e. The van der Waals surface area contributed by atoms with Gasteiger partial charge in [-0.25, -0.2) is 0 Å². The van der Waals surface area contributed by atoms with Gasteiger partial charge < -0.3 is 5.73 Å². The monoisotopic (exact) mass is 177 g/mol. The molecule has 0 rings (SSSR count). The van der Waals surface area contributed by atoms with E-state index in [1.807, 2.05) is 13.8 Å². The third-order valence-electron chi connectivity index (χ3n) is 1.80. The summed E-state index contributed by atoms with van der Waals surface area (Å²) in [7, 11) is -0.665. The minimum Gasteiger partial charge on any atom is -0.328 e. The SMILES string of the molecule is CCC(C)S(=O)CCC(C)N. The fourth-order valence-corrected chi connectivity index (χ4v) is 2.07. The van der Waals surface area contributed by atoms with Gasteiger partial charge >= 0.3 is 0 Å². The van der Waals surface area contributed by atoms with Gasteiger partial charge in [0.25, 0.3) is 0 Å². The Balaban J connectivity index is 3.52. The normalized spacial score (nSPS) is 19.3. The van der Waals surface area contributed by atoms with E-state index >= 15 is 0 Å². The van der Waals surface area contributed by atoms with Gasteiger partial charge in [0.05, 0.1) is 0 Å². The van der Waals surface area contributed by atoms with Crippen LogP contribution in [0.3, 0.4) is 0 Å². The van der Waals surface area contributed by atoms with Crippen molar-refractivity contribution < 1.29 is 4.21 Å². The summed E-state index contributed by atoms with van der Waals surface area (Å²) in [5.74, 6) is 0.757. The topological polar surface area (TPSA) is 43.1 Å². The fourth-order valence-electron chi connectivity index (χ4n) is 0.689. The zero-order chi connectivity index (χ0) is 8.85. The number of rotatable bonds is 5. The van der Waals surface area contributed by atoms with Crippen LogP contribution in [0.4, 0.5) is 0 Å². The molecule has 0 radical (unpaired) electrons. The summed E-state index contributed by atoms with van der Waals surface area (Å²) >= 11 is 0. The molecule has 0 aromatic heterocycles. The van der Waals surface area contributed by atoms with Gasteiger partial charge in [-0.3, -0.25) is 4.21 Å². The lowest BCUT2D eigenvalue weighted by Crippen LogP contribution is -2.21. The minimum atomic E-state index is -0.665. The molecule has 0 aromatic carbocycles. The minimum absolute atomic E-state index is 0.183. The lowest BCUT2D eigenvalue weighted by molar-refractivity contribution is 0.656. The molecule has 3 atom stereocenters. The van der Waals surface area contributed by atoms with Crippen LogP contribution in [0.1, 0.15) is 33.6 Å². The average molecular weight is 177 g/mol. The molecule has 0 aliphatic rings. The Bertz CT molecular complexity index is 125. The largest absolute Gasteiger partial charge is 0.328 e. The van der Waals surface area contributed by atoms with Crippen molar-refractivity contribution in [3.8, 4) is 0 Å². The fraction of sp³-hybridized carbons (Fsp3) is 1.00. The van der Waals surface area contributed by atoms with Crippen molar-refractivity contribution in [1.82, 2.24) is 0 Å². The molecule has 0 aliphatic heterocycles. The zero-order valence-electron chi connectivity index (χ0n) is 7.67. The average Bonchev–Trinajstić information content (AvgIpc) is 1.98. The van der Waals surface area contributed by atoms with Crippen molar-refractivity contribution in [2.75, 3.05) is 5.75 Å². The standard InChI is InChI=1S/C8H19NOS/c1-4-8(3)11(10)6-5-7(2)9/h7-8H,4-6,9H2,1-3H3. The molecule has 68 valence electrons. The van der Waals surface area contributed by atoms with Gasteiger partial charge in [-0.1, -0.05) is 13.8 Å². The van der Waals surface area contributed by atoms with E-state index in [1.165, 1.54) is 0 Å². The molecule has 0 heterocycles. The third kappa shape index (κ3) is 5.39. The molecule has 0 aliphatic carbocycles. The van der Waals surface area contributed by atoms with Crippen molar-refractivity contribution in [1.29, 1.82) is 0 Å². The van der Waals surface area contributed by atoms with Crippen LogP contribution in [0.25, 0.3) is 0 Å². The first-order valence-electron chi connectivity index (χ1n) is 4.20. The van der Waals surface area contributed by atoms with E-state index in [0.717, 1.165) is 18.6 Å². The van der Waals surface area contributed by atoms with Gasteiger partial charge in [-0.05, 0) is 19.8 Å². The Morgan fingerprint density at radius 1 is 1.45 bits per heavy atom. The summed E-state index contributed by atoms with van der Waals surface area (Å²) in [5.41, 5.74) is 5.55. The smallest absolute Gasteiger partial charge is 0.0317 e. The second kappa shape index (κ2) is 5.72. The van der Waals surface area contributed by atoms with Crippen molar-refractivity contribution in [3.63, 3.8) is 0 Å². The maximum atomic E-state index is 11.3. The summed E-state index contributed by atoms with van der Waals surface area (Å²) in [4.78, 5) is 0. The van der Waals surface area contributed by atoms with E-state index in [2.05, 4.69) is 6.92 Å². The molecule has 0 amide bonds. The van der Waals surface area contributed by atoms with Crippen LogP contribution in [0.15, 0.2) is 0 Å². The number of nitrogens with two attached hydrogens (primary N) is 1. The predicted octanol–water partition coefficient (Wildman–Crippen LogP) is 1.27. The van der Waals surface area contributed by atoms with Crippen LogP contribution >= 0.6 is 0 Å². The van der Waals surface area contributed by atoms with Gasteiger partial charge in [0, 0.05) is 27.8 Å². The van der Waals surface area contributed by atoms with Gasteiger partial charge in [-0.2, -0.15) is 0 Å². The molecule has 0 saturated carbocycles. The highest BCUT2D eigenvalue weighted by molar-refractivity contribution is 7.85. The first-order chi connectivity index (χ1) is 5.07. The van der Waals surface area contributed by atoms with E-state index < -0.39 is 10.8 Å². The van der Waals surface area contributed by atoms with Crippen LogP contribution in [-0.4, -0.2) is 21.3 Å². The third-order valence-corrected chi connectivity index (χ3v) is 3.67. The Kier molecular flexibility index (Phi) is 5.78. The van der Waals surface area contributed by atoms with Crippen LogP contribution in [-0.2, 0) is 10.8 Å². The summed E-state index contributed by atoms with van der Waals surface area (Å²) in [5, 5.41) is 0.328. The zero-order valence-corrected chi connectivity index (χ0v) is 8.49. The van der Waals surface area contributed by atoms with E-state index in [-0.39, 0.29) is 6.04 Å². The van der Waals surface area contributed by atoms with Gasteiger partial charge in [0.2, 0.25) is 0 Å². The molecule has 11 heavy (non-hydrogen) atoms. The quantitative estimate of drug-likeness (QED) is 0.687. The highest BCUT2D eigenvalue weighted by Crippen LogP contribution is 2.02. The van der Waals surface area contributed by atoms with Crippen molar-refractivity contribution >= 4 is 10.8 Å². The molecule has 0 saturated heterocycles. The van der Waals surface area contributed by atoms with E-state index in [0.29, 0.717) is 5.25 Å². The summed E-state index contributed by atoms with van der Waals surface area (Å²) in [6.45, 7) is 6.04. The Morgan fingerprint density at radius 3 is 2.36 bits per heavy atom. The van der Waals surface area contributed by atoms with E-state index in [1.54, 1.807) is 0 Å². The first-order valence-corrected chi connectivity index (χ1v) is 5.58. The molecular weight excluding hydrogens is 158 g/mol. The van der Waals surface area contributed by atoms with Crippen LogP contribution < -0.4 is 5.73 Å². The van der Waals surface area contributed by atoms with Crippen LogP contribution in [0, 0.1) is 0 Å². The molecule has 0 bridgehead atoms. The summed E-state index contributed by atoms with van der Waals surface area (Å²) in [6, 6.07) is 0.183. The number of hydrogen-bond donors (Lipinski definition) is 1. The van der Waals surface area contributed by atoms with Crippen molar-refractivity contribution in [3.05, 3.63) is 0 Å². The lowest BCUT2D eigenvalue weighted by Gasteiger charge is -2.09. The molecule has 0 fully saturated rings. The second-order valence-corrected chi connectivity index (χ2v) is 5.04. The molecular formula is C8H19NOS. The van der Waals surface area contributed by atoms with Crippen molar-refractivity contribution in [2.45, 2.75) is 44.9 Å². The molecule has 0 spiro atoms. The highest BCUT2D eigenvalue weighted by Gasteiger charge is 2.08. The first kappa shape index (κ1) is 11.1. The molecule has 3 heteroatoms. The molecule has 0 aromatic rings. The predicted molar refractivity (Wildman–Crippen MR) is 51.0 cm³/mol. The van der Waals surface area contributed by atoms with E-state index in [4.69, 9.17) is 5.73 Å². The summed E-state index contributed by atoms with van der Waals surface area (Å²) < 4.78 is 11.3. The van der Waals surface area contributed by atoms with Crippen LogP contribution in [0.2, 0.25) is 0 Å². The Hall–Kier alpha value is 0.110. The lowest BCUT2D eigenvalue weighted by atomic mass is 10.3. The molecule has 2 N–H and O–H groups in total. The molecule has 2 nitrogen and oxygen atoms in total.